The normalized spacial score (nSPS) is 25.5. The van der Waals surface area contributed by atoms with Crippen molar-refractivity contribution in [1.29, 1.82) is 0 Å². The molecule has 198 valence electrons. The summed E-state index contributed by atoms with van der Waals surface area (Å²) in [6.45, 7) is 5.22. The second-order valence-corrected chi connectivity index (χ2v) is 10.4. The molecule has 10 nitrogen and oxygen atoms in total. The van der Waals surface area contributed by atoms with Crippen LogP contribution in [0.5, 0.6) is 5.75 Å². The lowest BCUT2D eigenvalue weighted by Gasteiger charge is -2.48. The van der Waals surface area contributed by atoms with Crippen molar-refractivity contribution in [2.45, 2.75) is 57.8 Å². The van der Waals surface area contributed by atoms with Crippen molar-refractivity contribution in [3.8, 4) is 5.75 Å². The first-order valence-electron chi connectivity index (χ1n) is 12.2. The first-order chi connectivity index (χ1) is 16.8. The fourth-order valence-electron chi connectivity index (χ4n) is 5.52. The van der Waals surface area contributed by atoms with E-state index in [1.807, 2.05) is 13.8 Å². The summed E-state index contributed by atoms with van der Waals surface area (Å²) in [5.41, 5.74) is 4.08. The Morgan fingerprint density at radius 1 is 1.22 bits per heavy atom. The highest BCUT2D eigenvalue weighted by molar-refractivity contribution is 6.24. The number of rotatable bonds is 9. The van der Waals surface area contributed by atoms with E-state index in [2.05, 4.69) is 5.32 Å². The molecule has 0 aromatic heterocycles. The highest BCUT2D eigenvalue weighted by Gasteiger charge is 2.61. The van der Waals surface area contributed by atoms with E-state index in [1.54, 1.807) is 25.1 Å². The Kier molecular flexibility index (Phi) is 7.95. The molecule has 0 heterocycles. The number of carbonyl (C=O) groups is 3. The number of phenolic OH excluding ortho intramolecular Hbond substituents is 1. The summed E-state index contributed by atoms with van der Waals surface area (Å²) in [5, 5.41) is 47.1. The molecule has 0 aliphatic heterocycles. The van der Waals surface area contributed by atoms with E-state index in [0.717, 1.165) is 5.56 Å². The zero-order valence-corrected chi connectivity index (χ0v) is 21.4. The minimum absolute atomic E-state index is 0.0778. The van der Waals surface area contributed by atoms with Crippen LogP contribution in [0.4, 0.5) is 0 Å². The molecule has 1 fully saturated rings. The molecule has 0 saturated heterocycles. The molecule has 1 amide bonds. The first-order valence-corrected chi connectivity index (χ1v) is 12.2. The summed E-state index contributed by atoms with van der Waals surface area (Å²) in [5.74, 6) is -6.95. The molecule has 10 heteroatoms. The lowest BCUT2D eigenvalue weighted by Crippen LogP contribution is -2.65. The molecule has 3 rings (SSSR count). The van der Waals surface area contributed by atoms with E-state index in [1.165, 1.54) is 13.0 Å². The molecule has 0 radical (unpaired) electrons. The molecule has 7 N–H and O–H groups in total. The van der Waals surface area contributed by atoms with Gasteiger partial charge in [0.05, 0.1) is 18.1 Å². The van der Waals surface area contributed by atoms with Crippen molar-refractivity contribution in [1.82, 2.24) is 10.2 Å². The van der Waals surface area contributed by atoms with Gasteiger partial charge in [0.2, 0.25) is 11.7 Å². The van der Waals surface area contributed by atoms with E-state index in [-0.39, 0.29) is 35.8 Å². The number of benzene rings is 1. The van der Waals surface area contributed by atoms with Crippen molar-refractivity contribution in [3.05, 3.63) is 34.4 Å². The third-order valence-electron chi connectivity index (χ3n) is 7.62. The van der Waals surface area contributed by atoms with Crippen LogP contribution < -0.4 is 11.1 Å². The number of primary amides is 1. The number of fused-ring (bicyclic) bond motifs is 2. The summed E-state index contributed by atoms with van der Waals surface area (Å²) in [4.78, 5) is 40.7. The van der Waals surface area contributed by atoms with E-state index in [9.17, 15) is 34.8 Å². The standard InChI is InChI=1S/C26H37N3O7/c1-12(2)28-10-14-6-7-19(31)21-16(14)8-15-9-17(18(11-30)29(4)5)26(36,23(33)13(3)25(27)35)24(34)20(15)22(21)32/h6-7,12-13,15,17-18,28,30-32,36H,8-11H2,1-5H3,(H2,27,35)/t13?,15-,17-,18?,26+/m0/s1. The molecule has 2 aliphatic rings. The largest absolute Gasteiger partial charge is 0.507 e. The molecule has 1 aromatic rings. The van der Waals surface area contributed by atoms with Crippen molar-refractivity contribution in [2.24, 2.45) is 23.5 Å². The predicted molar refractivity (Wildman–Crippen MR) is 133 cm³/mol. The van der Waals surface area contributed by atoms with E-state index >= 15 is 0 Å². The van der Waals surface area contributed by atoms with E-state index in [0.29, 0.717) is 12.1 Å². The molecular weight excluding hydrogens is 466 g/mol. The SMILES string of the molecule is CC(C)NCc1ccc(O)c2c1C[C@H]1C[C@@H](C(CO)N(C)C)[C@@](O)(C(=O)C(C)C(N)=O)C(=O)C1=C2O. The number of ketones is 2. The number of hydrogen-bond donors (Lipinski definition) is 6. The summed E-state index contributed by atoms with van der Waals surface area (Å²) in [6.07, 6.45) is 0.357. The van der Waals surface area contributed by atoms with Gasteiger partial charge in [-0.1, -0.05) is 19.9 Å². The van der Waals surface area contributed by atoms with Crippen molar-refractivity contribution in [2.75, 3.05) is 20.7 Å². The summed E-state index contributed by atoms with van der Waals surface area (Å²) < 4.78 is 0. The van der Waals surface area contributed by atoms with Crippen LogP contribution in [0.2, 0.25) is 0 Å². The Morgan fingerprint density at radius 3 is 2.39 bits per heavy atom. The number of nitrogens with one attached hydrogen (secondary N) is 1. The van der Waals surface area contributed by atoms with Crippen LogP contribution in [0.3, 0.4) is 0 Å². The lowest BCUT2D eigenvalue weighted by atomic mass is 9.59. The molecule has 5 atom stereocenters. The number of hydrogen-bond acceptors (Lipinski definition) is 9. The molecule has 0 spiro atoms. The van der Waals surface area contributed by atoms with Crippen molar-refractivity contribution < 1.29 is 34.8 Å². The van der Waals surface area contributed by atoms with Gasteiger partial charge in [-0.05, 0) is 57.0 Å². The van der Waals surface area contributed by atoms with Gasteiger partial charge in [-0.25, -0.2) is 0 Å². The minimum Gasteiger partial charge on any atom is -0.507 e. The van der Waals surface area contributed by atoms with Gasteiger partial charge < -0.3 is 36.4 Å². The van der Waals surface area contributed by atoms with Gasteiger partial charge in [-0.3, -0.25) is 14.4 Å². The van der Waals surface area contributed by atoms with Crippen LogP contribution in [0.25, 0.3) is 5.76 Å². The van der Waals surface area contributed by atoms with Crippen LogP contribution in [-0.2, 0) is 27.3 Å². The maximum absolute atomic E-state index is 13.9. The van der Waals surface area contributed by atoms with Crippen LogP contribution in [0, 0.1) is 17.8 Å². The third kappa shape index (κ3) is 4.54. The fraction of sp³-hybridized carbons (Fsp3) is 0.577. The molecule has 0 bridgehead atoms. The number of aromatic hydroxyl groups is 1. The Hall–Kier alpha value is -2.79. The first kappa shape index (κ1) is 27.8. The number of likely N-dealkylation sites (N-methyl/N-ethyl adjacent to an activating group) is 1. The topological polar surface area (TPSA) is 173 Å². The van der Waals surface area contributed by atoms with E-state index < -0.39 is 59.2 Å². The van der Waals surface area contributed by atoms with Crippen molar-refractivity contribution >= 4 is 23.2 Å². The lowest BCUT2D eigenvalue weighted by molar-refractivity contribution is -0.166. The van der Waals surface area contributed by atoms with Gasteiger partial charge in [-0.2, -0.15) is 0 Å². The van der Waals surface area contributed by atoms with Crippen LogP contribution in [0.1, 0.15) is 43.9 Å². The second-order valence-electron chi connectivity index (χ2n) is 10.4. The van der Waals surface area contributed by atoms with Crippen molar-refractivity contribution in [3.63, 3.8) is 0 Å². The monoisotopic (exact) mass is 503 g/mol. The van der Waals surface area contributed by atoms with Gasteiger partial charge >= 0.3 is 0 Å². The minimum atomic E-state index is -2.70. The van der Waals surface area contributed by atoms with Gasteiger partial charge in [-0.15, -0.1) is 0 Å². The maximum atomic E-state index is 13.9. The Balaban J connectivity index is 2.22. The number of Topliss-reactive ketones (excluding diaryl/α,β-unsaturated/α-hetero) is 2. The predicted octanol–water partition coefficient (Wildman–Crippen LogP) is 0.265. The highest BCUT2D eigenvalue weighted by atomic mass is 16.3. The van der Waals surface area contributed by atoms with Crippen LogP contribution >= 0.6 is 0 Å². The van der Waals surface area contributed by atoms with Crippen LogP contribution in [0.15, 0.2) is 17.7 Å². The summed E-state index contributed by atoms with van der Waals surface area (Å²) >= 11 is 0. The third-order valence-corrected chi connectivity index (χ3v) is 7.62. The van der Waals surface area contributed by atoms with Gasteiger partial charge in [0.25, 0.3) is 0 Å². The Labute approximate surface area is 210 Å². The zero-order valence-electron chi connectivity index (χ0n) is 21.4. The molecule has 1 aromatic carbocycles. The summed E-state index contributed by atoms with van der Waals surface area (Å²) in [7, 11) is 3.31. The van der Waals surface area contributed by atoms with Gasteiger partial charge in [0.1, 0.15) is 11.5 Å². The second kappa shape index (κ2) is 10.3. The molecule has 36 heavy (non-hydrogen) atoms. The number of amides is 1. The number of nitrogens with zero attached hydrogens (tertiary/aromatic N) is 1. The number of aliphatic hydroxyl groups is 3. The highest BCUT2D eigenvalue weighted by Crippen LogP contribution is 2.50. The number of phenols is 1. The molecule has 2 unspecified atom stereocenters. The molecule has 2 aliphatic carbocycles. The average molecular weight is 504 g/mol. The quantitative estimate of drug-likeness (QED) is 0.258. The molecule has 1 saturated carbocycles. The maximum Gasteiger partial charge on any atom is 0.227 e. The zero-order chi connectivity index (χ0) is 27.1. The Morgan fingerprint density at radius 2 is 1.86 bits per heavy atom. The van der Waals surface area contributed by atoms with Crippen LogP contribution in [-0.4, -0.2) is 81.2 Å². The van der Waals surface area contributed by atoms with Gasteiger partial charge in [0.15, 0.2) is 11.4 Å². The smallest absolute Gasteiger partial charge is 0.227 e. The Bertz CT molecular complexity index is 1100. The number of carbonyl (C=O) groups excluding carboxylic acids is 3. The number of aliphatic hydroxyl groups excluding tert-OH is 2. The fourth-order valence-corrected chi connectivity index (χ4v) is 5.52. The van der Waals surface area contributed by atoms with Gasteiger partial charge in [0, 0.05) is 30.1 Å². The summed E-state index contributed by atoms with van der Waals surface area (Å²) in [6, 6.07) is 2.59. The molecular formula is C26H37N3O7. The van der Waals surface area contributed by atoms with E-state index in [4.69, 9.17) is 5.73 Å². The number of nitrogens with two attached hydrogens (primary N) is 1. The average Bonchev–Trinajstić information content (AvgIpc) is 2.80.